The lowest BCUT2D eigenvalue weighted by Gasteiger charge is -2.21. The molecule has 0 aromatic heterocycles. The zero-order valence-corrected chi connectivity index (χ0v) is 15.9. The van der Waals surface area contributed by atoms with Crippen LogP contribution in [-0.2, 0) is 26.1 Å². The first kappa shape index (κ1) is 20.6. The lowest BCUT2D eigenvalue weighted by atomic mass is 10.2. The second kappa shape index (κ2) is 9.15. The van der Waals surface area contributed by atoms with Crippen LogP contribution in [0.1, 0.15) is 39.7 Å². The second-order valence-corrected chi connectivity index (χ2v) is 7.83. The molecule has 0 fully saturated rings. The smallest absolute Gasteiger partial charge is 0.249 e. The summed E-state index contributed by atoms with van der Waals surface area (Å²) in [4.78, 5) is 12.2. The molecule has 1 aromatic rings. The average Bonchev–Trinajstić information content (AvgIpc) is 2.57. The van der Waals surface area contributed by atoms with Crippen molar-refractivity contribution in [3.8, 4) is 0 Å². The number of carbonyl (C=O) groups is 1. The van der Waals surface area contributed by atoms with Gasteiger partial charge in [-0.1, -0.05) is 19.1 Å². The van der Waals surface area contributed by atoms with Gasteiger partial charge in [0.1, 0.15) is 6.10 Å². The van der Waals surface area contributed by atoms with Crippen LogP contribution in [0.5, 0.6) is 0 Å². The molecule has 1 aromatic carbocycles. The minimum atomic E-state index is -3.49. The maximum absolute atomic E-state index is 12.4. The van der Waals surface area contributed by atoms with E-state index >= 15 is 0 Å². The summed E-state index contributed by atoms with van der Waals surface area (Å²) in [5.41, 5.74) is 0.834. The van der Waals surface area contributed by atoms with Crippen LogP contribution in [0.15, 0.2) is 29.2 Å². The Morgan fingerprint density at radius 3 is 2.25 bits per heavy atom. The molecule has 24 heavy (non-hydrogen) atoms. The number of amides is 1. The molecule has 0 aliphatic carbocycles. The van der Waals surface area contributed by atoms with Gasteiger partial charge < -0.3 is 10.1 Å². The van der Waals surface area contributed by atoms with Crippen LogP contribution in [-0.4, -0.2) is 44.4 Å². The fraction of sp³-hybridized carbons (Fsp3) is 0.588. The molecule has 1 unspecified atom stereocenters. The van der Waals surface area contributed by atoms with E-state index in [-0.39, 0.29) is 16.8 Å². The Balaban J connectivity index is 2.74. The Bertz CT molecular complexity index is 626. The van der Waals surface area contributed by atoms with Crippen molar-refractivity contribution >= 4 is 15.9 Å². The molecule has 7 heteroatoms. The number of carbonyl (C=O) groups excluding carboxylic acids is 1. The topological polar surface area (TPSA) is 75.7 Å². The van der Waals surface area contributed by atoms with Crippen LogP contribution < -0.4 is 5.32 Å². The van der Waals surface area contributed by atoms with Crippen molar-refractivity contribution in [3.05, 3.63) is 29.8 Å². The minimum absolute atomic E-state index is 0.112. The van der Waals surface area contributed by atoms with Gasteiger partial charge in [-0.3, -0.25) is 4.79 Å². The molecule has 0 aliphatic rings. The third-order valence-corrected chi connectivity index (χ3v) is 5.87. The summed E-state index contributed by atoms with van der Waals surface area (Å²) in [6.07, 6.45) is 0.160. The molecule has 1 N–H and O–H groups in total. The Morgan fingerprint density at radius 2 is 1.79 bits per heavy atom. The van der Waals surface area contributed by atoms with Gasteiger partial charge in [-0.25, -0.2) is 8.42 Å². The van der Waals surface area contributed by atoms with Crippen molar-refractivity contribution in [2.45, 2.75) is 57.7 Å². The Kier molecular flexibility index (Phi) is 7.86. The molecular formula is C17H28N2O4S. The van der Waals surface area contributed by atoms with Crippen molar-refractivity contribution in [3.63, 3.8) is 0 Å². The van der Waals surface area contributed by atoms with Crippen molar-refractivity contribution in [1.29, 1.82) is 0 Å². The summed E-state index contributed by atoms with van der Waals surface area (Å²) >= 11 is 0. The predicted octanol–water partition coefficient (Wildman–Crippen LogP) is 2.15. The normalized spacial score (nSPS) is 13.3. The molecule has 6 nitrogen and oxygen atoms in total. The van der Waals surface area contributed by atoms with E-state index in [4.69, 9.17) is 4.74 Å². The van der Waals surface area contributed by atoms with Crippen molar-refractivity contribution in [2.24, 2.45) is 0 Å². The first-order valence-corrected chi connectivity index (χ1v) is 9.64. The molecule has 0 saturated heterocycles. The summed E-state index contributed by atoms with van der Waals surface area (Å²) < 4.78 is 31.5. The van der Waals surface area contributed by atoms with Gasteiger partial charge >= 0.3 is 0 Å². The summed E-state index contributed by atoms with van der Waals surface area (Å²) in [5, 5.41) is 2.81. The number of nitrogens with one attached hydrogen (secondary N) is 1. The predicted molar refractivity (Wildman–Crippen MR) is 94.1 cm³/mol. The largest absolute Gasteiger partial charge is 0.369 e. The van der Waals surface area contributed by atoms with Crippen LogP contribution in [0, 0.1) is 0 Å². The quantitative estimate of drug-likeness (QED) is 0.735. The first-order chi connectivity index (χ1) is 11.2. The van der Waals surface area contributed by atoms with Gasteiger partial charge in [0.2, 0.25) is 15.9 Å². The van der Waals surface area contributed by atoms with Gasteiger partial charge in [-0.15, -0.1) is 0 Å². The molecule has 0 aliphatic heterocycles. The highest BCUT2D eigenvalue weighted by molar-refractivity contribution is 7.89. The van der Waals surface area contributed by atoms with Gasteiger partial charge in [0.25, 0.3) is 0 Å². The summed E-state index contributed by atoms with van der Waals surface area (Å²) in [7, 11) is -1.92. The highest BCUT2D eigenvalue weighted by Crippen LogP contribution is 2.17. The Labute approximate surface area is 145 Å². The molecule has 1 rings (SSSR count). The number of nitrogens with zero attached hydrogens (tertiary/aromatic N) is 1. The zero-order valence-electron chi connectivity index (χ0n) is 15.1. The van der Waals surface area contributed by atoms with E-state index in [0.717, 1.165) is 5.56 Å². The van der Waals surface area contributed by atoms with Crippen molar-refractivity contribution in [2.75, 3.05) is 13.7 Å². The molecule has 0 bridgehead atoms. The number of hydrogen-bond acceptors (Lipinski definition) is 4. The fourth-order valence-corrected chi connectivity index (χ4v) is 3.47. The van der Waals surface area contributed by atoms with E-state index in [9.17, 15) is 13.2 Å². The van der Waals surface area contributed by atoms with Crippen LogP contribution in [0.4, 0.5) is 0 Å². The van der Waals surface area contributed by atoms with Crippen LogP contribution >= 0.6 is 0 Å². The number of hydrogen-bond donors (Lipinski definition) is 1. The maximum Gasteiger partial charge on any atom is 0.249 e. The number of benzene rings is 1. The van der Waals surface area contributed by atoms with Gasteiger partial charge in [0.15, 0.2) is 0 Å². The molecule has 136 valence electrons. The third-order valence-electron chi connectivity index (χ3n) is 3.83. The summed E-state index contributed by atoms with van der Waals surface area (Å²) in [5.74, 6) is -0.157. The molecule has 0 saturated carbocycles. The maximum atomic E-state index is 12.4. The minimum Gasteiger partial charge on any atom is -0.369 e. The van der Waals surface area contributed by atoms with E-state index in [1.807, 2.05) is 27.7 Å². The van der Waals surface area contributed by atoms with E-state index < -0.39 is 16.1 Å². The van der Waals surface area contributed by atoms with Crippen LogP contribution in [0.2, 0.25) is 0 Å². The lowest BCUT2D eigenvalue weighted by Crippen LogP contribution is -2.35. The molecule has 0 radical (unpaired) electrons. The molecule has 0 heterocycles. The molecule has 0 spiro atoms. The fourth-order valence-electron chi connectivity index (χ4n) is 2.11. The monoisotopic (exact) mass is 356 g/mol. The highest BCUT2D eigenvalue weighted by atomic mass is 32.2. The SMILES string of the molecule is CCOC(CC)C(=O)NCc1ccc(S(=O)(=O)N(C)C(C)C)cc1. The van der Waals surface area contributed by atoms with Crippen LogP contribution in [0.3, 0.4) is 0 Å². The van der Waals surface area contributed by atoms with E-state index in [1.165, 1.54) is 4.31 Å². The van der Waals surface area contributed by atoms with Crippen LogP contribution in [0.25, 0.3) is 0 Å². The lowest BCUT2D eigenvalue weighted by molar-refractivity contribution is -0.132. The molecule has 1 amide bonds. The Hall–Kier alpha value is -1.44. The third kappa shape index (κ3) is 5.29. The van der Waals surface area contributed by atoms with Gasteiger partial charge in [0.05, 0.1) is 4.90 Å². The number of ether oxygens (including phenoxy) is 1. The van der Waals surface area contributed by atoms with Gasteiger partial charge in [0, 0.05) is 26.2 Å². The van der Waals surface area contributed by atoms with Crippen molar-refractivity contribution in [1.82, 2.24) is 9.62 Å². The average molecular weight is 356 g/mol. The second-order valence-electron chi connectivity index (χ2n) is 5.83. The zero-order chi connectivity index (χ0) is 18.3. The highest BCUT2D eigenvalue weighted by Gasteiger charge is 2.22. The molecular weight excluding hydrogens is 328 g/mol. The summed E-state index contributed by atoms with van der Waals surface area (Å²) in [6, 6.07) is 6.44. The standard InChI is InChI=1S/C17H28N2O4S/c1-6-16(23-7-2)17(20)18-12-14-8-10-15(11-9-14)24(21,22)19(5)13(3)4/h8-11,13,16H,6-7,12H2,1-5H3,(H,18,20). The van der Waals surface area contributed by atoms with Gasteiger partial charge in [-0.05, 0) is 44.9 Å². The van der Waals surface area contributed by atoms with E-state index in [2.05, 4.69) is 5.32 Å². The van der Waals surface area contributed by atoms with E-state index in [0.29, 0.717) is 19.6 Å². The number of sulfonamides is 1. The Morgan fingerprint density at radius 1 is 1.21 bits per heavy atom. The van der Waals surface area contributed by atoms with E-state index in [1.54, 1.807) is 31.3 Å². The molecule has 1 atom stereocenters. The first-order valence-electron chi connectivity index (χ1n) is 8.20. The van der Waals surface area contributed by atoms with Gasteiger partial charge in [-0.2, -0.15) is 4.31 Å². The van der Waals surface area contributed by atoms with Crippen molar-refractivity contribution < 1.29 is 17.9 Å². The summed E-state index contributed by atoms with van der Waals surface area (Å²) in [6.45, 7) is 8.21. The number of rotatable bonds is 9.